The number of nitrogens with zero attached hydrogens (tertiary/aromatic N) is 1. The zero-order chi connectivity index (χ0) is 13.2. The fourth-order valence-corrected chi connectivity index (χ4v) is 3.53. The van der Waals surface area contributed by atoms with Crippen molar-refractivity contribution in [3.63, 3.8) is 0 Å². The Balaban J connectivity index is 2.35. The van der Waals surface area contributed by atoms with E-state index in [4.69, 9.17) is 4.74 Å². The van der Waals surface area contributed by atoms with Crippen molar-refractivity contribution in [1.82, 2.24) is 4.90 Å². The number of likely N-dealkylation sites (N-methyl/N-ethyl adjacent to an activating group) is 1. The highest BCUT2D eigenvalue weighted by Crippen LogP contribution is 2.39. The number of rotatable bonds is 3. The molecule has 2 atom stereocenters. The summed E-state index contributed by atoms with van der Waals surface area (Å²) >= 11 is 0. The molecule has 0 saturated carbocycles. The third-order valence-electron chi connectivity index (χ3n) is 4.29. The summed E-state index contributed by atoms with van der Waals surface area (Å²) in [4.78, 5) is 2.47. The largest absolute Gasteiger partial charge is 0.497 e. The minimum absolute atomic E-state index is 0.293. The molecule has 0 amide bonds. The molecule has 1 aliphatic rings. The Morgan fingerprint density at radius 2 is 2.22 bits per heavy atom. The molecule has 0 bridgehead atoms. The van der Waals surface area contributed by atoms with Crippen molar-refractivity contribution >= 4 is 0 Å². The van der Waals surface area contributed by atoms with Gasteiger partial charge in [-0.1, -0.05) is 26.0 Å². The van der Waals surface area contributed by atoms with E-state index >= 15 is 0 Å². The lowest BCUT2D eigenvalue weighted by atomic mass is 9.69. The van der Waals surface area contributed by atoms with Crippen LogP contribution >= 0.6 is 0 Å². The molecule has 1 saturated heterocycles. The molecule has 2 unspecified atom stereocenters. The lowest BCUT2D eigenvalue weighted by Gasteiger charge is -2.44. The van der Waals surface area contributed by atoms with Gasteiger partial charge in [0.2, 0.25) is 0 Å². The van der Waals surface area contributed by atoms with Crippen LogP contribution in [0, 0.1) is 5.92 Å². The van der Waals surface area contributed by atoms with Crippen molar-refractivity contribution in [2.75, 3.05) is 27.2 Å². The second-order valence-electron chi connectivity index (χ2n) is 5.87. The Morgan fingerprint density at radius 3 is 2.83 bits per heavy atom. The summed E-state index contributed by atoms with van der Waals surface area (Å²) in [7, 11) is 3.98. The van der Waals surface area contributed by atoms with E-state index in [-0.39, 0.29) is 0 Å². The Bertz CT molecular complexity index is 392. The zero-order valence-electron chi connectivity index (χ0n) is 12.1. The van der Waals surface area contributed by atoms with Gasteiger partial charge in [-0.25, -0.2) is 0 Å². The van der Waals surface area contributed by atoms with Gasteiger partial charge >= 0.3 is 0 Å². The van der Waals surface area contributed by atoms with Crippen molar-refractivity contribution in [2.45, 2.75) is 32.1 Å². The molecular formula is C16H25NO. The van der Waals surface area contributed by atoms with Crippen LogP contribution in [0.4, 0.5) is 0 Å². The maximum atomic E-state index is 5.38. The summed E-state index contributed by atoms with van der Waals surface area (Å²) in [5.74, 6) is 1.73. The summed E-state index contributed by atoms with van der Waals surface area (Å²) in [6, 6.07) is 8.63. The lowest BCUT2D eigenvalue weighted by molar-refractivity contribution is 0.126. The molecule has 1 aromatic rings. The third kappa shape index (κ3) is 2.54. The Labute approximate surface area is 111 Å². The van der Waals surface area contributed by atoms with Crippen LogP contribution in [0.5, 0.6) is 5.75 Å². The van der Waals surface area contributed by atoms with E-state index < -0.39 is 0 Å². The first-order chi connectivity index (χ1) is 8.59. The molecule has 1 aliphatic heterocycles. The van der Waals surface area contributed by atoms with Crippen LogP contribution in [-0.2, 0) is 5.41 Å². The van der Waals surface area contributed by atoms with Crippen LogP contribution in [-0.4, -0.2) is 32.1 Å². The predicted octanol–water partition coefficient (Wildman–Crippen LogP) is 3.31. The molecule has 0 radical (unpaired) electrons. The van der Waals surface area contributed by atoms with Gasteiger partial charge in [0.05, 0.1) is 7.11 Å². The standard InChI is InChI=1S/C16H25NO/c1-5-16(10-13(2)11-17(3)12-16)14-7-6-8-15(9-14)18-4/h6-9,13H,5,10-12H2,1-4H3. The molecule has 2 rings (SSSR count). The SMILES string of the molecule is CCC1(c2cccc(OC)c2)CC(C)CN(C)C1. The summed E-state index contributed by atoms with van der Waals surface area (Å²) < 4.78 is 5.38. The fourth-order valence-electron chi connectivity index (χ4n) is 3.53. The second kappa shape index (κ2) is 5.31. The predicted molar refractivity (Wildman–Crippen MR) is 76.2 cm³/mol. The third-order valence-corrected chi connectivity index (χ3v) is 4.29. The van der Waals surface area contributed by atoms with Gasteiger partial charge in [0.15, 0.2) is 0 Å². The first-order valence-corrected chi connectivity index (χ1v) is 6.93. The van der Waals surface area contributed by atoms with Crippen molar-refractivity contribution in [3.8, 4) is 5.75 Å². The Morgan fingerprint density at radius 1 is 1.44 bits per heavy atom. The minimum atomic E-state index is 0.293. The molecule has 2 heteroatoms. The topological polar surface area (TPSA) is 12.5 Å². The van der Waals surface area contributed by atoms with Gasteiger partial charge < -0.3 is 9.64 Å². The van der Waals surface area contributed by atoms with Crippen LogP contribution < -0.4 is 4.74 Å². The van der Waals surface area contributed by atoms with Gasteiger partial charge in [0.1, 0.15) is 5.75 Å². The molecular weight excluding hydrogens is 222 g/mol. The van der Waals surface area contributed by atoms with Crippen molar-refractivity contribution in [2.24, 2.45) is 5.92 Å². The van der Waals surface area contributed by atoms with Crippen molar-refractivity contribution in [1.29, 1.82) is 0 Å². The highest BCUT2D eigenvalue weighted by Gasteiger charge is 2.37. The second-order valence-corrected chi connectivity index (χ2v) is 5.87. The number of piperidine rings is 1. The molecule has 1 fully saturated rings. The van der Waals surface area contributed by atoms with Gasteiger partial charge in [-0.2, -0.15) is 0 Å². The summed E-state index contributed by atoms with van der Waals surface area (Å²) in [6.45, 7) is 7.04. The molecule has 1 heterocycles. The Hall–Kier alpha value is -1.02. The number of hydrogen-bond acceptors (Lipinski definition) is 2. The van der Waals surface area contributed by atoms with Crippen molar-refractivity contribution in [3.05, 3.63) is 29.8 Å². The molecule has 1 aromatic carbocycles. The number of ether oxygens (including phenoxy) is 1. The number of methoxy groups -OCH3 is 1. The monoisotopic (exact) mass is 247 g/mol. The molecule has 100 valence electrons. The van der Waals surface area contributed by atoms with Gasteiger partial charge in [0, 0.05) is 18.5 Å². The van der Waals surface area contributed by atoms with Gasteiger partial charge in [-0.3, -0.25) is 0 Å². The normalized spacial score (nSPS) is 29.2. The minimum Gasteiger partial charge on any atom is -0.497 e. The van der Waals surface area contributed by atoms with E-state index in [1.807, 2.05) is 6.07 Å². The van der Waals surface area contributed by atoms with E-state index in [0.29, 0.717) is 5.41 Å². The van der Waals surface area contributed by atoms with Crippen LogP contribution in [0.25, 0.3) is 0 Å². The van der Waals surface area contributed by atoms with E-state index in [9.17, 15) is 0 Å². The van der Waals surface area contributed by atoms with E-state index in [0.717, 1.165) is 18.2 Å². The average Bonchev–Trinajstić information content (AvgIpc) is 2.37. The van der Waals surface area contributed by atoms with Gasteiger partial charge in [0.25, 0.3) is 0 Å². The van der Waals surface area contributed by atoms with Crippen molar-refractivity contribution < 1.29 is 4.74 Å². The number of likely N-dealkylation sites (tertiary alicyclic amines) is 1. The van der Waals surface area contributed by atoms with Gasteiger partial charge in [-0.15, -0.1) is 0 Å². The smallest absolute Gasteiger partial charge is 0.119 e. The van der Waals surface area contributed by atoms with Crippen LogP contribution in [0.15, 0.2) is 24.3 Å². The average molecular weight is 247 g/mol. The first-order valence-electron chi connectivity index (χ1n) is 6.93. The molecule has 0 aromatic heterocycles. The lowest BCUT2D eigenvalue weighted by Crippen LogP contribution is -2.47. The number of hydrogen-bond donors (Lipinski definition) is 0. The highest BCUT2D eigenvalue weighted by molar-refractivity contribution is 5.34. The van der Waals surface area contributed by atoms with E-state index in [1.54, 1.807) is 7.11 Å². The van der Waals surface area contributed by atoms with Crippen LogP contribution in [0.2, 0.25) is 0 Å². The molecule has 0 aliphatic carbocycles. The Kier molecular flexibility index (Phi) is 3.96. The van der Waals surface area contributed by atoms with Crippen LogP contribution in [0.1, 0.15) is 32.3 Å². The quantitative estimate of drug-likeness (QED) is 0.812. The maximum absolute atomic E-state index is 5.38. The summed E-state index contributed by atoms with van der Waals surface area (Å²) in [5.41, 5.74) is 1.73. The molecule has 18 heavy (non-hydrogen) atoms. The van der Waals surface area contributed by atoms with E-state index in [2.05, 4.69) is 44.0 Å². The number of benzene rings is 1. The first kappa shape index (κ1) is 13.4. The molecule has 0 N–H and O–H groups in total. The molecule has 0 spiro atoms. The highest BCUT2D eigenvalue weighted by atomic mass is 16.5. The van der Waals surface area contributed by atoms with Gasteiger partial charge in [-0.05, 0) is 43.5 Å². The van der Waals surface area contributed by atoms with Crippen LogP contribution in [0.3, 0.4) is 0 Å². The fraction of sp³-hybridized carbons (Fsp3) is 0.625. The molecule has 2 nitrogen and oxygen atoms in total. The summed E-state index contributed by atoms with van der Waals surface area (Å²) in [6.07, 6.45) is 2.47. The summed E-state index contributed by atoms with van der Waals surface area (Å²) in [5, 5.41) is 0. The zero-order valence-corrected chi connectivity index (χ0v) is 12.1. The maximum Gasteiger partial charge on any atom is 0.119 e. The van der Waals surface area contributed by atoms with E-state index in [1.165, 1.54) is 24.9 Å².